The predicted molar refractivity (Wildman–Crippen MR) is 53.7 cm³/mol. The van der Waals surface area contributed by atoms with E-state index in [0.717, 1.165) is 12.5 Å². The summed E-state index contributed by atoms with van der Waals surface area (Å²) in [6.07, 6.45) is -3.72. The number of halogens is 3. The first kappa shape index (κ1) is 12.9. The fourth-order valence-corrected chi connectivity index (χ4v) is 1.54. The Bertz CT molecular complexity index is 332. The molecule has 16 heavy (non-hydrogen) atoms. The normalized spacial score (nSPS) is 15.9. The second-order valence-electron chi connectivity index (χ2n) is 3.72. The maximum atomic E-state index is 12.2. The molecular weight excluding hydrogens is 219 g/mol. The molecule has 0 bridgehead atoms. The summed E-state index contributed by atoms with van der Waals surface area (Å²) in [4.78, 5) is 0. The molecule has 1 aromatic rings. The van der Waals surface area contributed by atoms with E-state index in [1.165, 1.54) is 6.07 Å². The lowest BCUT2D eigenvalue weighted by Gasteiger charge is -2.17. The Hall–Kier alpha value is -1.17. The summed E-state index contributed by atoms with van der Waals surface area (Å²) in [5.41, 5.74) is 5.24. The van der Waals surface area contributed by atoms with Crippen molar-refractivity contribution in [2.75, 3.05) is 0 Å². The van der Waals surface area contributed by atoms with Gasteiger partial charge in [-0.15, -0.1) is 5.10 Å². The quantitative estimate of drug-likeness (QED) is 0.871. The minimum Gasteiger partial charge on any atom is -0.327 e. The van der Waals surface area contributed by atoms with Crippen LogP contribution in [0.1, 0.15) is 37.6 Å². The van der Waals surface area contributed by atoms with Crippen molar-refractivity contribution < 1.29 is 13.2 Å². The lowest BCUT2D eigenvalue weighted by molar-refractivity contribution is -0.141. The van der Waals surface area contributed by atoms with Crippen molar-refractivity contribution in [1.29, 1.82) is 0 Å². The number of alkyl halides is 3. The maximum absolute atomic E-state index is 12.2. The minimum atomic E-state index is -4.44. The molecule has 0 spiro atoms. The van der Waals surface area contributed by atoms with Crippen LogP contribution in [0.15, 0.2) is 12.1 Å². The van der Waals surface area contributed by atoms with E-state index < -0.39 is 11.9 Å². The molecule has 3 nitrogen and oxygen atoms in total. The van der Waals surface area contributed by atoms with Crippen LogP contribution in [0.4, 0.5) is 13.2 Å². The van der Waals surface area contributed by atoms with Crippen LogP contribution in [0.3, 0.4) is 0 Å². The molecule has 1 aromatic heterocycles. The summed E-state index contributed by atoms with van der Waals surface area (Å²) in [6.45, 7) is 3.71. The van der Waals surface area contributed by atoms with Crippen LogP contribution < -0.4 is 5.73 Å². The Morgan fingerprint density at radius 2 is 1.94 bits per heavy atom. The molecule has 1 heterocycles. The van der Waals surface area contributed by atoms with Crippen LogP contribution >= 0.6 is 0 Å². The Morgan fingerprint density at radius 1 is 1.31 bits per heavy atom. The highest BCUT2D eigenvalue weighted by Crippen LogP contribution is 2.28. The zero-order valence-corrected chi connectivity index (χ0v) is 9.12. The standard InChI is InChI=1S/C10H14F3N3/c1-3-7(6(2)14)8-4-5-9(16-15-8)10(11,12)13/h4-7H,3,14H2,1-2H3. The van der Waals surface area contributed by atoms with E-state index in [9.17, 15) is 13.2 Å². The third kappa shape index (κ3) is 2.91. The Labute approximate surface area is 91.9 Å². The maximum Gasteiger partial charge on any atom is 0.435 e. The van der Waals surface area contributed by atoms with Crippen molar-refractivity contribution in [1.82, 2.24) is 10.2 Å². The van der Waals surface area contributed by atoms with Gasteiger partial charge in [0.1, 0.15) is 0 Å². The van der Waals surface area contributed by atoms with Crippen molar-refractivity contribution >= 4 is 0 Å². The lowest BCUT2D eigenvalue weighted by atomic mass is 9.95. The van der Waals surface area contributed by atoms with E-state index in [1.54, 1.807) is 6.92 Å². The molecule has 2 unspecified atom stereocenters. The fraction of sp³-hybridized carbons (Fsp3) is 0.600. The first-order valence-electron chi connectivity index (χ1n) is 5.02. The smallest absolute Gasteiger partial charge is 0.327 e. The van der Waals surface area contributed by atoms with Crippen molar-refractivity contribution in [2.45, 2.75) is 38.4 Å². The molecule has 0 radical (unpaired) electrons. The molecular formula is C10H14F3N3. The molecule has 0 aliphatic heterocycles. The van der Waals surface area contributed by atoms with Crippen LogP contribution in [0.2, 0.25) is 0 Å². The molecule has 0 fully saturated rings. The van der Waals surface area contributed by atoms with Gasteiger partial charge < -0.3 is 5.73 Å². The van der Waals surface area contributed by atoms with E-state index >= 15 is 0 Å². The van der Waals surface area contributed by atoms with Gasteiger partial charge >= 0.3 is 6.18 Å². The van der Waals surface area contributed by atoms with E-state index in [0.29, 0.717) is 5.69 Å². The van der Waals surface area contributed by atoms with E-state index in [4.69, 9.17) is 5.73 Å². The average molecular weight is 233 g/mol. The summed E-state index contributed by atoms with van der Waals surface area (Å²) in [5.74, 6) is -0.0604. The van der Waals surface area contributed by atoms with Crippen LogP contribution in [0.5, 0.6) is 0 Å². The van der Waals surface area contributed by atoms with Crippen molar-refractivity contribution in [3.63, 3.8) is 0 Å². The van der Waals surface area contributed by atoms with Crippen LogP contribution in [-0.2, 0) is 6.18 Å². The molecule has 0 aromatic carbocycles. The topological polar surface area (TPSA) is 51.8 Å². The molecule has 2 atom stereocenters. The number of nitrogens with two attached hydrogens (primary N) is 1. The Morgan fingerprint density at radius 3 is 2.25 bits per heavy atom. The Balaban J connectivity index is 2.94. The highest BCUT2D eigenvalue weighted by Gasteiger charge is 2.33. The highest BCUT2D eigenvalue weighted by atomic mass is 19.4. The summed E-state index contributed by atoms with van der Waals surface area (Å²) in [5, 5.41) is 6.76. The zero-order chi connectivity index (χ0) is 12.3. The monoisotopic (exact) mass is 233 g/mol. The van der Waals surface area contributed by atoms with Gasteiger partial charge in [0.15, 0.2) is 5.69 Å². The number of hydrogen-bond donors (Lipinski definition) is 1. The van der Waals surface area contributed by atoms with E-state index in [1.807, 2.05) is 6.92 Å². The lowest BCUT2D eigenvalue weighted by Crippen LogP contribution is -2.25. The molecule has 6 heteroatoms. The summed E-state index contributed by atoms with van der Waals surface area (Å²) in [6, 6.07) is 2.12. The number of aromatic nitrogens is 2. The van der Waals surface area contributed by atoms with Crippen molar-refractivity contribution in [2.24, 2.45) is 5.73 Å². The number of rotatable bonds is 3. The predicted octanol–water partition coefficient (Wildman–Crippen LogP) is 2.34. The van der Waals surface area contributed by atoms with Crippen LogP contribution in [0, 0.1) is 0 Å². The SMILES string of the molecule is CCC(c1ccc(C(F)(F)F)nn1)C(C)N. The highest BCUT2D eigenvalue weighted by molar-refractivity contribution is 5.14. The molecule has 0 amide bonds. The number of nitrogens with zero attached hydrogens (tertiary/aromatic N) is 2. The second-order valence-corrected chi connectivity index (χ2v) is 3.72. The van der Waals surface area contributed by atoms with Crippen molar-refractivity contribution in [3.05, 3.63) is 23.5 Å². The minimum absolute atomic E-state index is 0.0604. The molecule has 0 saturated heterocycles. The fourth-order valence-electron chi connectivity index (χ4n) is 1.54. The molecule has 2 N–H and O–H groups in total. The second kappa shape index (κ2) is 4.78. The molecule has 1 rings (SSSR count). The average Bonchev–Trinajstić information content (AvgIpc) is 2.17. The van der Waals surface area contributed by atoms with E-state index in [2.05, 4.69) is 10.2 Å². The van der Waals surface area contributed by atoms with Crippen LogP contribution in [0.25, 0.3) is 0 Å². The van der Waals surface area contributed by atoms with Gasteiger partial charge in [-0.05, 0) is 25.5 Å². The molecule has 0 aliphatic carbocycles. The van der Waals surface area contributed by atoms with Gasteiger partial charge in [-0.1, -0.05) is 6.92 Å². The van der Waals surface area contributed by atoms with Gasteiger partial charge in [0.05, 0.1) is 5.69 Å². The molecule has 90 valence electrons. The van der Waals surface area contributed by atoms with Gasteiger partial charge in [-0.3, -0.25) is 0 Å². The number of hydrogen-bond acceptors (Lipinski definition) is 3. The third-order valence-corrected chi connectivity index (χ3v) is 2.43. The van der Waals surface area contributed by atoms with Gasteiger partial charge in [-0.2, -0.15) is 18.3 Å². The van der Waals surface area contributed by atoms with Gasteiger partial charge in [-0.25, -0.2) is 0 Å². The molecule has 0 aliphatic rings. The largest absolute Gasteiger partial charge is 0.435 e. The summed E-state index contributed by atoms with van der Waals surface area (Å²) >= 11 is 0. The van der Waals surface area contributed by atoms with Crippen LogP contribution in [-0.4, -0.2) is 16.2 Å². The summed E-state index contributed by atoms with van der Waals surface area (Å²) in [7, 11) is 0. The first-order valence-corrected chi connectivity index (χ1v) is 5.02. The zero-order valence-electron chi connectivity index (χ0n) is 9.12. The van der Waals surface area contributed by atoms with E-state index in [-0.39, 0.29) is 12.0 Å². The third-order valence-electron chi connectivity index (χ3n) is 2.43. The van der Waals surface area contributed by atoms with Crippen molar-refractivity contribution in [3.8, 4) is 0 Å². The van der Waals surface area contributed by atoms with Gasteiger partial charge in [0, 0.05) is 12.0 Å². The summed E-state index contributed by atoms with van der Waals surface area (Å²) < 4.78 is 36.7. The first-order chi connectivity index (χ1) is 7.36. The van der Waals surface area contributed by atoms with Gasteiger partial charge in [0.25, 0.3) is 0 Å². The Kier molecular flexibility index (Phi) is 3.85. The molecule has 0 saturated carbocycles. The van der Waals surface area contributed by atoms with Gasteiger partial charge in [0.2, 0.25) is 0 Å².